The molecule has 2 heterocycles. The van der Waals surface area contributed by atoms with Gasteiger partial charge in [0, 0.05) is 43.4 Å². The van der Waals surface area contributed by atoms with E-state index in [1.54, 1.807) is 0 Å². The molecule has 2 aliphatic heterocycles. The third kappa shape index (κ3) is 6.36. The molecule has 3 rings (SSSR count). The summed E-state index contributed by atoms with van der Waals surface area (Å²) in [4.78, 5) is 19.3. The number of nitrogens with zero attached hydrogens (tertiary/aromatic N) is 2. The minimum Gasteiger partial charge on any atom is -0.447 e. The van der Waals surface area contributed by atoms with Gasteiger partial charge in [0.05, 0.1) is 11.1 Å². The normalized spacial score (nSPS) is 29.7. The highest BCUT2D eigenvalue weighted by Crippen LogP contribution is 2.33. The van der Waals surface area contributed by atoms with Crippen LogP contribution in [0, 0.1) is 11.8 Å². The van der Waals surface area contributed by atoms with Crippen molar-refractivity contribution in [1.29, 1.82) is 0 Å². The molecule has 1 atom stereocenters. The Labute approximate surface area is 168 Å². The van der Waals surface area contributed by atoms with E-state index in [1.165, 1.54) is 11.6 Å². The van der Waals surface area contributed by atoms with Crippen molar-refractivity contribution in [3.05, 3.63) is 0 Å². The Kier molecular flexibility index (Phi) is 7.45. The standard InChI is InChI=1S/C20H36N4O2S/c1-13(2)9-24-10-17(11-24)21-18-12-27-19(23-18)15-5-7-16(8-6-15)22-20(25)26-14(3)4/h13-18,21H,5-12H2,1-4H3,(H,22,25). The fourth-order valence-electron chi connectivity index (χ4n) is 4.21. The van der Waals surface area contributed by atoms with E-state index in [0.717, 1.165) is 50.4 Å². The molecule has 1 saturated heterocycles. The maximum absolute atomic E-state index is 11.7. The average Bonchev–Trinajstić information content (AvgIpc) is 3.01. The molecule has 0 aromatic heterocycles. The van der Waals surface area contributed by atoms with E-state index in [2.05, 4.69) is 29.4 Å². The van der Waals surface area contributed by atoms with Gasteiger partial charge in [0.2, 0.25) is 0 Å². The average molecular weight is 397 g/mol. The number of hydrogen-bond acceptors (Lipinski definition) is 6. The van der Waals surface area contributed by atoms with Gasteiger partial charge in [-0.15, -0.1) is 11.8 Å². The second-order valence-corrected chi connectivity index (χ2v) is 9.96. The van der Waals surface area contributed by atoms with Crippen molar-refractivity contribution >= 4 is 22.9 Å². The predicted molar refractivity (Wildman–Crippen MR) is 112 cm³/mol. The lowest BCUT2D eigenvalue weighted by Crippen LogP contribution is -2.60. The molecule has 1 aliphatic carbocycles. The number of hydrogen-bond donors (Lipinski definition) is 2. The van der Waals surface area contributed by atoms with Crippen LogP contribution in [0.15, 0.2) is 4.99 Å². The summed E-state index contributed by atoms with van der Waals surface area (Å²) >= 11 is 1.93. The van der Waals surface area contributed by atoms with E-state index >= 15 is 0 Å². The SMILES string of the molecule is CC(C)CN1CC(NC2CSC(C3CCC(NC(=O)OC(C)C)CC3)=N2)C1. The highest BCUT2D eigenvalue weighted by atomic mass is 32.2. The summed E-state index contributed by atoms with van der Waals surface area (Å²) in [6.45, 7) is 11.8. The Morgan fingerprint density at radius 3 is 2.52 bits per heavy atom. The minimum absolute atomic E-state index is 0.0665. The zero-order valence-electron chi connectivity index (χ0n) is 17.2. The number of nitrogens with one attached hydrogen (secondary N) is 2. The summed E-state index contributed by atoms with van der Waals surface area (Å²) in [6, 6.07) is 0.847. The molecule has 0 spiro atoms. The first-order valence-corrected chi connectivity index (χ1v) is 11.5. The zero-order chi connectivity index (χ0) is 19.4. The van der Waals surface area contributed by atoms with Gasteiger partial charge in [-0.3, -0.25) is 15.2 Å². The molecule has 27 heavy (non-hydrogen) atoms. The molecule has 6 nitrogen and oxygen atoms in total. The number of aliphatic imine (C=N–C) groups is 1. The number of amides is 1. The highest BCUT2D eigenvalue weighted by molar-refractivity contribution is 8.14. The molecular weight excluding hydrogens is 360 g/mol. The predicted octanol–water partition coefficient (Wildman–Crippen LogP) is 3.08. The lowest BCUT2D eigenvalue weighted by molar-refractivity contribution is 0.107. The van der Waals surface area contributed by atoms with Crippen molar-refractivity contribution in [3.63, 3.8) is 0 Å². The van der Waals surface area contributed by atoms with Crippen molar-refractivity contribution in [2.24, 2.45) is 16.8 Å². The van der Waals surface area contributed by atoms with Gasteiger partial charge in [-0.05, 0) is 45.4 Å². The summed E-state index contributed by atoms with van der Waals surface area (Å²) < 4.78 is 5.19. The second-order valence-electron chi connectivity index (χ2n) is 8.92. The quantitative estimate of drug-likeness (QED) is 0.692. The van der Waals surface area contributed by atoms with E-state index in [4.69, 9.17) is 9.73 Å². The van der Waals surface area contributed by atoms with Gasteiger partial charge in [0.15, 0.2) is 0 Å². The molecule has 7 heteroatoms. The Bertz CT molecular complexity index is 526. The van der Waals surface area contributed by atoms with Crippen LogP contribution in [0.4, 0.5) is 4.79 Å². The first kappa shape index (κ1) is 20.9. The van der Waals surface area contributed by atoms with Crippen molar-refractivity contribution < 1.29 is 9.53 Å². The van der Waals surface area contributed by atoms with E-state index < -0.39 is 0 Å². The number of likely N-dealkylation sites (tertiary alicyclic amines) is 1. The molecule has 1 saturated carbocycles. The first-order valence-electron chi connectivity index (χ1n) is 10.5. The van der Waals surface area contributed by atoms with E-state index in [0.29, 0.717) is 12.0 Å². The van der Waals surface area contributed by atoms with E-state index in [9.17, 15) is 4.79 Å². The molecule has 154 valence electrons. The fraction of sp³-hybridized carbons (Fsp3) is 0.900. The Morgan fingerprint density at radius 2 is 1.89 bits per heavy atom. The number of alkyl carbamates (subject to hydrolysis) is 1. The first-order chi connectivity index (χ1) is 12.9. The summed E-state index contributed by atoms with van der Waals surface area (Å²) in [7, 11) is 0. The largest absolute Gasteiger partial charge is 0.447 e. The molecule has 2 N–H and O–H groups in total. The topological polar surface area (TPSA) is 66.0 Å². The monoisotopic (exact) mass is 396 g/mol. The van der Waals surface area contributed by atoms with Crippen LogP contribution in [-0.4, -0.2) is 65.8 Å². The van der Waals surface area contributed by atoms with Crippen LogP contribution in [0.25, 0.3) is 0 Å². The summed E-state index contributed by atoms with van der Waals surface area (Å²) in [6.07, 6.45) is 4.19. The molecule has 0 aromatic rings. The number of ether oxygens (including phenoxy) is 1. The van der Waals surface area contributed by atoms with Crippen molar-refractivity contribution in [3.8, 4) is 0 Å². The Balaban J connectivity index is 1.36. The third-order valence-electron chi connectivity index (χ3n) is 5.42. The van der Waals surface area contributed by atoms with Gasteiger partial charge >= 0.3 is 6.09 Å². The van der Waals surface area contributed by atoms with Crippen LogP contribution in [0.3, 0.4) is 0 Å². The maximum atomic E-state index is 11.7. The minimum atomic E-state index is -0.280. The summed E-state index contributed by atoms with van der Waals surface area (Å²) in [5.41, 5.74) is 0. The number of carbonyl (C=O) groups is 1. The second kappa shape index (κ2) is 9.61. The molecule has 1 unspecified atom stereocenters. The Hall–Kier alpha value is -0.790. The highest BCUT2D eigenvalue weighted by Gasteiger charge is 2.33. The van der Waals surface area contributed by atoms with Crippen molar-refractivity contribution in [1.82, 2.24) is 15.5 Å². The third-order valence-corrected chi connectivity index (χ3v) is 6.64. The van der Waals surface area contributed by atoms with Crippen molar-refractivity contribution in [2.75, 3.05) is 25.4 Å². The molecular formula is C20H36N4O2S. The van der Waals surface area contributed by atoms with Gasteiger partial charge < -0.3 is 10.1 Å². The van der Waals surface area contributed by atoms with Crippen LogP contribution >= 0.6 is 11.8 Å². The van der Waals surface area contributed by atoms with Gasteiger partial charge in [0.1, 0.15) is 6.17 Å². The molecule has 0 bridgehead atoms. The maximum Gasteiger partial charge on any atom is 0.407 e. The lowest BCUT2D eigenvalue weighted by Gasteiger charge is -2.41. The molecule has 3 aliphatic rings. The molecule has 0 radical (unpaired) electrons. The molecule has 2 fully saturated rings. The number of rotatable bonds is 7. The summed E-state index contributed by atoms with van der Waals surface area (Å²) in [5.74, 6) is 2.38. The van der Waals surface area contributed by atoms with Gasteiger partial charge in [-0.25, -0.2) is 4.79 Å². The summed E-state index contributed by atoms with van der Waals surface area (Å²) in [5, 5.41) is 8.05. The number of carbonyl (C=O) groups excluding carboxylic acids is 1. The fourth-order valence-corrected chi connectivity index (χ4v) is 5.39. The molecule has 0 aromatic carbocycles. The van der Waals surface area contributed by atoms with Crippen LogP contribution in [-0.2, 0) is 4.74 Å². The van der Waals surface area contributed by atoms with E-state index in [-0.39, 0.29) is 24.4 Å². The smallest absolute Gasteiger partial charge is 0.407 e. The van der Waals surface area contributed by atoms with Crippen LogP contribution in [0.2, 0.25) is 0 Å². The zero-order valence-corrected chi connectivity index (χ0v) is 18.1. The van der Waals surface area contributed by atoms with Gasteiger partial charge in [0.25, 0.3) is 0 Å². The van der Waals surface area contributed by atoms with E-state index in [1.807, 2.05) is 25.6 Å². The lowest BCUT2D eigenvalue weighted by atomic mass is 9.86. The number of thioether (sulfide) groups is 1. The van der Waals surface area contributed by atoms with Gasteiger partial charge in [-0.2, -0.15) is 0 Å². The Morgan fingerprint density at radius 1 is 1.19 bits per heavy atom. The van der Waals surface area contributed by atoms with Crippen LogP contribution in [0.1, 0.15) is 53.4 Å². The van der Waals surface area contributed by atoms with Crippen LogP contribution < -0.4 is 10.6 Å². The van der Waals surface area contributed by atoms with Crippen LogP contribution in [0.5, 0.6) is 0 Å². The molecule has 1 amide bonds. The van der Waals surface area contributed by atoms with Gasteiger partial charge in [-0.1, -0.05) is 13.8 Å². The van der Waals surface area contributed by atoms with Crippen molar-refractivity contribution in [2.45, 2.75) is 77.7 Å².